The van der Waals surface area contributed by atoms with Gasteiger partial charge in [-0.3, -0.25) is 0 Å². The number of aliphatic hydroxyl groups is 3. The van der Waals surface area contributed by atoms with E-state index < -0.39 is 23.6 Å². The minimum Gasteiger partial charge on any atom is -0.458 e. The number of carbonyl (C=O) groups is 1. The quantitative estimate of drug-likeness (QED) is 0.372. The molecular weight excluding hydrogens is 488 g/mol. The highest BCUT2D eigenvalue weighted by Gasteiger charge is 2.70. The molecule has 3 N–H and O–H groups in total. The molecule has 2 heterocycles. The molecule has 2 aliphatic heterocycles. The molecule has 4 saturated carbocycles. The number of methoxy groups -OCH3 is 1. The molecule has 6 aliphatic rings. The first-order valence-electron chi connectivity index (χ1n) is 14.8. The van der Waals surface area contributed by atoms with Crippen molar-refractivity contribution in [2.24, 2.45) is 28.6 Å². The van der Waals surface area contributed by atoms with Gasteiger partial charge in [0.25, 0.3) is 0 Å². The van der Waals surface area contributed by atoms with E-state index in [-0.39, 0.29) is 52.9 Å². The molecule has 8 heteroatoms. The standard InChI is InChI=1S/C30H46O8/c1-17-26(32)23(35-4)14-25(37-17)38-19-5-9-27(2)21-6-10-28(3)20(18-13-24(31)36-16-18)8-12-30(28,34)22(21)7-11-29(27,33)15-19/h13,17,19-23,25-26,32-34H,5-12,14-16H2,1-4H3/t17-,19+,20-,21+,22-,23-,25?,26+,27-,28-,29+,30+/m1/s1. The fourth-order valence-corrected chi connectivity index (χ4v) is 10.0. The predicted octanol–water partition coefficient (Wildman–Crippen LogP) is 3.25. The molecule has 0 aromatic rings. The lowest BCUT2D eigenvalue weighted by Gasteiger charge is -2.66. The lowest BCUT2D eigenvalue weighted by atomic mass is 9.42. The molecule has 6 rings (SSSR count). The van der Waals surface area contributed by atoms with Crippen molar-refractivity contribution < 1.29 is 39.1 Å². The van der Waals surface area contributed by atoms with Crippen molar-refractivity contribution in [3.8, 4) is 0 Å². The van der Waals surface area contributed by atoms with Crippen LogP contribution in [0, 0.1) is 28.6 Å². The van der Waals surface area contributed by atoms with Gasteiger partial charge in [0.15, 0.2) is 6.29 Å². The second-order valence-corrected chi connectivity index (χ2v) is 13.8. The number of hydrogen-bond acceptors (Lipinski definition) is 8. The second-order valence-electron chi connectivity index (χ2n) is 13.8. The Bertz CT molecular complexity index is 983. The number of carbonyl (C=O) groups excluding carboxylic acids is 1. The number of ether oxygens (including phenoxy) is 4. The summed E-state index contributed by atoms with van der Waals surface area (Å²) >= 11 is 0. The van der Waals surface area contributed by atoms with E-state index in [1.54, 1.807) is 13.2 Å². The second kappa shape index (κ2) is 9.25. The average molecular weight is 535 g/mol. The van der Waals surface area contributed by atoms with Crippen LogP contribution < -0.4 is 0 Å². The molecule has 0 radical (unpaired) electrons. The summed E-state index contributed by atoms with van der Waals surface area (Å²) in [5, 5.41) is 34.9. The summed E-state index contributed by atoms with van der Waals surface area (Å²) in [5.74, 6) is 0.293. The van der Waals surface area contributed by atoms with Crippen LogP contribution in [0.15, 0.2) is 11.6 Å². The highest BCUT2D eigenvalue weighted by atomic mass is 16.7. The topological polar surface area (TPSA) is 115 Å². The fourth-order valence-electron chi connectivity index (χ4n) is 10.0. The van der Waals surface area contributed by atoms with Crippen molar-refractivity contribution in [1.29, 1.82) is 0 Å². The maximum absolute atomic E-state index is 12.4. The van der Waals surface area contributed by atoms with Gasteiger partial charge in [-0.25, -0.2) is 4.79 Å². The molecule has 1 unspecified atom stereocenters. The van der Waals surface area contributed by atoms with Crippen molar-refractivity contribution in [3.63, 3.8) is 0 Å². The molecule has 0 amide bonds. The molecule has 38 heavy (non-hydrogen) atoms. The summed E-state index contributed by atoms with van der Waals surface area (Å²) in [6, 6.07) is 0. The van der Waals surface area contributed by atoms with Gasteiger partial charge in [-0.15, -0.1) is 0 Å². The number of hydrogen-bond donors (Lipinski definition) is 3. The van der Waals surface area contributed by atoms with E-state index >= 15 is 0 Å². The van der Waals surface area contributed by atoms with Crippen LogP contribution in [0.4, 0.5) is 0 Å². The van der Waals surface area contributed by atoms with Gasteiger partial charge in [-0.2, -0.15) is 0 Å². The number of fused-ring (bicyclic) bond motifs is 5. The summed E-state index contributed by atoms with van der Waals surface area (Å²) in [7, 11) is 1.60. The van der Waals surface area contributed by atoms with E-state index in [1.807, 2.05) is 6.92 Å². The maximum Gasteiger partial charge on any atom is 0.331 e. The Labute approximate surface area is 226 Å². The van der Waals surface area contributed by atoms with Crippen molar-refractivity contribution in [3.05, 3.63) is 11.6 Å². The first-order chi connectivity index (χ1) is 17.9. The summed E-state index contributed by atoms with van der Waals surface area (Å²) in [6.07, 6.45) is 7.36. The highest BCUT2D eigenvalue weighted by Crippen LogP contribution is 2.70. The first kappa shape index (κ1) is 27.2. The molecule has 0 bridgehead atoms. The summed E-state index contributed by atoms with van der Waals surface area (Å²) in [5.41, 5.74) is -1.17. The Hall–Kier alpha value is -1.03. The van der Waals surface area contributed by atoms with Crippen LogP contribution in [0.3, 0.4) is 0 Å². The normalized spacial score (nSPS) is 54.5. The molecule has 214 valence electrons. The Morgan fingerprint density at radius 3 is 2.45 bits per heavy atom. The number of aliphatic hydroxyl groups excluding tert-OH is 1. The van der Waals surface area contributed by atoms with Gasteiger partial charge in [-0.1, -0.05) is 13.8 Å². The summed E-state index contributed by atoms with van der Waals surface area (Å²) < 4.78 is 23.0. The number of esters is 1. The third-order valence-electron chi connectivity index (χ3n) is 12.4. The predicted molar refractivity (Wildman–Crippen MR) is 138 cm³/mol. The lowest BCUT2D eigenvalue weighted by molar-refractivity contribution is -0.291. The third kappa shape index (κ3) is 3.81. The van der Waals surface area contributed by atoms with Crippen LogP contribution in [0.25, 0.3) is 0 Å². The van der Waals surface area contributed by atoms with E-state index in [4.69, 9.17) is 18.9 Å². The number of cyclic esters (lactones) is 1. The molecule has 1 saturated heterocycles. The molecular formula is C30H46O8. The zero-order valence-electron chi connectivity index (χ0n) is 23.4. The molecule has 8 nitrogen and oxygen atoms in total. The molecule has 0 spiro atoms. The van der Waals surface area contributed by atoms with Crippen LogP contribution in [0.1, 0.15) is 85.0 Å². The maximum atomic E-state index is 12.4. The third-order valence-corrected chi connectivity index (χ3v) is 12.4. The van der Waals surface area contributed by atoms with E-state index in [1.165, 1.54) is 0 Å². The average Bonchev–Trinajstić information content (AvgIpc) is 3.41. The molecule has 5 fully saturated rings. The Balaban J connectivity index is 1.18. The SMILES string of the molecule is CO[C@@H]1CC(O[C@H]2CC[C@]3(C)[C@H]4CC[C@]5(C)[C@@H](C6=CC(=O)OC6)CC[C@]5(O)[C@@H]4CC[C@]3(O)C2)O[C@H](C)[C@@H]1O. The van der Waals surface area contributed by atoms with E-state index in [0.717, 1.165) is 50.5 Å². The smallest absolute Gasteiger partial charge is 0.331 e. The highest BCUT2D eigenvalue weighted by molar-refractivity contribution is 5.85. The van der Waals surface area contributed by atoms with E-state index in [9.17, 15) is 20.1 Å². The first-order valence-corrected chi connectivity index (χ1v) is 14.8. The fraction of sp³-hybridized carbons (Fsp3) is 0.900. The van der Waals surface area contributed by atoms with E-state index in [2.05, 4.69) is 13.8 Å². The van der Waals surface area contributed by atoms with Crippen LogP contribution in [-0.2, 0) is 23.7 Å². The van der Waals surface area contributed by atoms with Gasteiger partial charge in [-0.05, 0) is 87.0 Å². The van der Waals surface area contributed by atoms with Gasteiger partial charge in [0.05, 0.1) is 29.5 Å². The number of rotatable bonds is 4. The Kier molecular flexibility index (Phi) is 6.61. The van der Waals surface area contributed by atoms with Crippen LogP contribution in [-0.4, -0.2) is 76.9 Å². The Morgan fingerprint density at radius 2 is 1.74 bits per heavy atom. The van der Waals surface area contributed by atoms with Gasteiger partial charge in [0, 0.05) is 31.4 Å². The molecule has 4 aliphatic carbocycles. The van der Waals surface area contributed by atoms with Crippen molar-refractivity contribution in [1.82, 2.24) is 0 Å². The van der Waals surface area contributed by atoms with Gasteiger partial charge in [0.1, 0.15) is 12.7 Å². The van der Waals surface area contributed by atoms with Crippen LogP contribution in [0.5, 0.6) is 0 Å². The van der Waals surface area contributed by atoms with Crippen LogP contribution in [0.2, 0.25) is 0 Å². The lowest BCUT2D eigenvalue weighted by Crippen LogP contribution is -2.67. The van der Waals surface area contributed by atoms with Crippen molar-refractivity contribution >= 4 is 5.97 Å². The van der Waals surface area contributed by atoms with Gasteiger partial charge >= 0.3 is 5.97 Å². The van der Waals surface area contributed by atoms with Crippen molar-refractivity contribution in [2.45, 2.75) is 127 Å². The zero-order valence-corrected chi connectivity index (χ0v) is 23.4. The van der Waals surface area contributed by atoms with Crippen LogP contribution >= 0.6 is 0 Å². The van der Waals surface area contributed by atoms with Gasteiger partial charge in [0.2, 0.25) is 0 Å². The summed E-state index contributed by atoms with van der Waals surface area (Å²) in [6.45, 7) is 6.67. The van der Waals surface area contributed by atoms with E-state index in [0.29, 0.717) is 25.9 Å². The van der Waals surface area contributed by atoms with Gasteiger partial charge < -0.3 is 34.3 Å². The molecule has 0 aromatic carbocycles. The minimum atomic E-state index is -0.853. The molecule has 0 aromatic heterocycles. The minimum absolute atomic E-state index is 0.116. The monoisotopic (exact) mass is 534 g/mol. The summed E-state index contributed by atoms with van der Waals surface area (Å²) in [4.78, 5) is 11.8. The largest absolute Gasteiger partial charge is 0.458 e. The Morgan fingerprint density at radius 1 is 1.00 bits per heavy atom. The molecule has 12 atom stereocenters. The zero-order chi connectivity index (χ0) is 27.1. The van der Waals surface area contributed by atoms with Crippen molar-refractivity contribution in [2.75, 3.05) is 13.7 Å².